The monoisotopic (exact) mass is 271 g/mol. The molecule has 2 unspecified atom stereocenters. The highest BCUT2D eigenvalue weighted by atomic mass is 16.1. The quantitative estimate of drug-likeness (QED) is 0.877. The van der Waals surface area contributed by atoms with Crippen molar-refractivity contribution in [1.82, 2.24) is 4.98 Å². The lowest BCUT2D eigenvalue weighted by molar-refractivity contribution is 0.307. The van der Waals surface area contributed by atoms with E-state index in [9.17, 15) is 4.79 Å². The summed E-state index contributed by atoms with van der Waals surface area (Å²) in [7, 11) is 0. The van der Waals surface area contributed by atoms with E-state index in [-0.39, 0.29) is 5.56 Å². The molecule has 0 bridgehead atoms. The van der Waals surface area contributed by atoms with Gasteiger partial charge in [-0.1, -0.05) is 25.1 Å². The fourth-order valence-corrected chi connectivity index (χ4v) is 3.04. The Kier molecular flexibility index (Phi) is 3.49. The van der Waals surface area contributed by atoms with Gasteiger partial charge < -0.3 is 15.6 Å². The van der Waals surface area contributed by atoms with Gasteiger partial charge in [0.25, 0.3) is 5.56 Å². The maximum absolute atomic E-state index is 12.2. The average Bonchev–Trinajstić information content (AvgIpc) is 2.47. The van der Waals surface area contributed by atoms with Crippen LogP contribution in [0.3, 0.4) is 0 Å². The molecule has 2 aromatic rings. The molecule has 4 nitrogen and oxygen atoms in total. The number of H-pyrrole nitrogens is 1. The summed E-state index contributed by atoms with van der Waals surface area (Å²) in [6.45, 7) is 4.87. The molecule has 1 aliphatic rings. The molecule has 20 heavy (non-hydrogen) atoms. The summed E-state index contributed by atoms with van der Waals surface area (Å²) in [5, 5.41) is 1.74. The number of rotatable bonds is 2. The number of pyridine rings is 1. The van der Waals surface area contributed by atoms with Gasteiger partial charge in [-0.05, 0) is 42.3 Å². The minimum absolute atomic E-state index is 0.0129. The molecule has 106 valence electrons. The molecule has 1 aliphatic heterocycles. The summed E-state index contributed by atoms with van der Waals surface area (Å²) in [5.41, 5.74) is 5.84. The molecule has 0 aliphatic carbocycles. The Morgan fingerprint density at radius 1 is 1.40 bits per heavy atom. The summed E-state index contributed by atoms with van der Waals surface area (Å²) in [4.78, 5) is 17.4. The number of hydrogen-bond acceptors (Lipinski definition) is 3. The Balaban J connectivity index is 1.96. The van der Waals surface area contributed by atoms with E-state index in [0.717, 1.165) is 36.1 Å². The molecule has 1 fully saturated rings. The molecule has 0 amide bonds. The van der Waals surface area contributed by atoms with Crippen molar-refractivity contribution in [2.24, 2.45) is 17.6 Å². The zero-order valence-electron chi connectivity index (χ0n) is 11.8. The summed E-state index contributed by atoms with van der Waals surface area (Å²) < 4.78 is 0. The highest BCUT2D eigenvalue weighted by Crippen LogP contribution is 2.26. The van der Waals surface area contributed by atoms with Gasteiger partial charge in [0.05, 0.1) is 0 Å². The number of hydrogen-bond donors (Lipinski definition) is 2. The molecule has 2 atom stereocenters. The van der Waals surface area contributed by atoms with Crippen molar-refractivity contribution in [2.75, 3.05) is 24.5 Å². The number of nitrogens with two attached hydrogens (primary N) is 1. The lowest BCUT2D eigenvalue weighted by Crippen LogP contribution is -2.43. The maximum Gasteiger partial charge on any atom is 0.257 e. The van der Waals surface area contributed by atoms with E-state index in [2.05, 4.69) is 22.9 Å². The van der Waals surface area contributed by atoms with Crippen LogP contribution < -0.4 is 16.2 Å². The average molecular weight is 271 g/mol. The van der Waals surface area contributed by atoms with Crippen LogP contribution in [-0.4, -0.2) is 24.6 Å². The number of aromatic amines is 1. The molecule has 0 radical (unpaired) electrons. The Morgan fingerprint density at radius 3 is 3.00 bits per heavy atom. The molecule has 3 N–H and O–H groups in total. The van der Waals surface area contributed by atoms with E-state index in [4.69, 9.17) is 5.73 Å². The fourth-order valence-electron chi connectivity index (χ4n) is 3.04. The second-order valence-electron chi connectivity index (χ2n) is 5.78. The normalized spacial score (nSPS) is 23.2. The zero-order chi connectivity index (χ0) is 14.1. The van der Waals surface area contributed by atoms with Crippen LogP contribution in [0.25, 0.3) is 10.8 Å². The van der Waals surface area contributed by atoms with Crippen LogP contribution in [-0.2, 0) is 0 Å². The van der Waals surface area contributed by atoms with Crippen LogP contribution in [0.15, 0.2) is 35.1 Å². The summed E-state index contributed by atoms with van der Waals surface area (Å²) in [5.74, 6) is 2.07. The van der Waals surface area contributed by atoms with Crippen LogP contribution >= 0.6 is 0 Å². The van der Waals surface area contributed by atoms with Crippen molar-refractivity contribution >= 4 is 16.6 Å². The summed E-state index contributed by atoms with van der Waals surface area (Å²) in [6.07, 6.45) is 1.12. The predicted octanol–water partition coefficient (Wildman–Crippen LogP) is 1.95. The van der Waals surface area contributed by atoms with Crippen molar-refractivity contribution in [2.45, 2.75) is 13.3 Å². The standard InChI is InChI=1S/C16H21N3O/c1-11-6-7-19(10-13(11)9-17)15-8-12-4-2-3-5-14(12)16(20)18-15/h2-5,8,11,13H,6-7,9-10,17H2,1H3,(H,18,20). The van der Waals surface area contributed by atoms with E-state index in [0.29, 0.717) is 18.4 Å². The number of benzene rings is 1. The van der Waals surface area contributed by atoms with Crippen molar-refractivity contribution in [3.63, 3.8) is 0 Å². The fraction of sp³-hybridized carbons (Fsp3) is 0.438. The van der Waals surface area contributed by atoms with Gasteiger partial charge in [-0.3, -0.25) is 4.79 Å². The van der Waals surface area contributed by atoms with Crippen LogP contribution in [0.1, 0.15) is 13.3 Å². The second-order valence-corrected chi connectivity index (χ2v) is 5.78. The number of nitrogens with zero attached hydrogens (tertiary/aromatic N) is 1. The third-order valence-corrected chi connectivity index (χ3v) is 4.50. The van der Waals surface area contributed by atoms with Gasteiger partial charge in [-0.2, -0.15) is 0 Å². The Morgan fingerprint density at radius 2 is 2.20 bits per heavy atom. The predicted molar refractivity (Wildman–Crippen MR) is 83.1 cm³/mol. The lowest BCUT2D eigenvalue weighted by Gasteiger charge is -2.37. The number of piperidine rings is 1. The number of anilines is 1. The number of aromatic nitrogens is 1. The topological polar surface area (TPSA) is 62.1 Å². The first kappa shape index (κ1) is 13.2. The van der Waals surface area contributed by atoms with Gasteiger partial charge >= 0.3 is 0 Å². The number of fused-ring (bicyclic) bond motifs is 1. The van der Waals surface area contributed by atoms with Crippen molar-refractivity contribution in [3.05, 3.63) is 40.7 Å². The summed E-state index contributed by atoms with van der Waals surface area (Å²) >= 11 is 0. The van der Waals surface area contributed by atoms with Crippen molar-refractivity contribution < 1.29 is 0 Å². The van der Waals surface area contributed by atoms with Gasteiger partial charge in [0.2, 0.25) is 0 Å². The van der Waals surface area contributed by atoms with E-state index in [1.54, 1.807) is 0 Å². The molecule has 0 saturated carbocycles. The Labute approximate surface area is 118 Å². The van der Waals surface area contributed by atoms with E-state index >= 15 is 0 Å². The van der Waals surface area contributed by atoms with Crippen molar-refractivity contribution in [1.29, 1.82) is 0 Å². The largest absolute Gasteiger partial charge is 0.358 e. The van der Waals surface area contributed by atoms with Gasteiger partial charge in [0.1, 0.15) is 5.82 Å². The molecule has 4 heteroatoms. The molecule has 1 saturated heterocycles. The Bertz CT molecular complexity index is 664. The minimum Gasteiger partial charge on any atom is -0.358 e. The van der Waals surface area contributed by atoms with E-state index in [1.807, 2.05) is 24.3 Å². The highest BCUT2D eigenvalue weighted by Gasteiger charge is 2.25. The molecule has 1 aromatic carbocycles. The highest BCUT2D eigenvalue weighted by molar-refractivity contribution is 5.83. The van der Waals surface area contributed by atoms with E-state index < -0.39 is 0 Å². The molecule has 0 spiro atoms. The first-order valence-corrected chi connectivity index (χ1v) is 7.26. The van der Waals surface area contributed by atoms with E-state index in [1.165, 1.54) is 0 Å². The van der Waals surface area contributed by atoms with Crippen LogP contribution in [0, 0.1) is 11.8 Å². The SMILES string of the molecule is CC1CCN(c2cc3ccccc3c(=O)[nH]2)CC1CN. The van der Waals surface area contributed by atoms with Gasteiger partial charge in [0.15, 0.2) is 0 Å². The van der Waals surface area contributed by atoms with Crippen LogP contribution in [0.2, 0.25) is 0 Å². The lowest BCUT2D eigenvalue weighted by atomic mass is 9.87. The maximum atomic E-state index is 12.2. The first-order valence-electron chi connectivity index (χ1n) is 7.26. The molecular formula is C16H21N3O. The van der Waals surface area contributed by atoms with Crippen LogP contribution in [0.4, 0.5) is 5.82 Å². The third-order valence-electron chi connectivity index (χ3n) is 4.50. The zero-order valence-corrected chi connectivity index (χ0v) is 11.8. The van der Waals surface area contributed by atoms with Crippen molar-refractivity contribution in [3.8, 4) is 0 Å². The van der Waals surface area contributed by atoms with Crippen LogP contribution in [0.5, 0.6) is 0 Å². The first-order chi connectivity index (χ1) is 9.69. The number of nitrogens with one attached hydrogen (secondary N) is 1. The molecule has 2 heterocycles. The molecular weight excluding hydrogens is 250 g/mol. The summed E-state index contributed by atoms with van der Waals surface area (Å²) in [6, 6.07) is 9.77. The third kappa shape index (κ3) is 2.31. The van der Waals surface area contributed by atoms with Gasteiger partial charge in [0, 0.05) is 18.5 Å². The van der Waals surface area contributed by atoms with Gasteiger partial charge in [-0.25, -0.2) is 0 Å². The molecule has 1 aromatic heterocycles. The second kappa shape index (κ2) is 5.29. The Hall–Kier alpha value is -1.81. The minimum atomic E-state index is -0.0129. The smallest absolute Gasteiger partial charge is 0.257 e. The molecule has 3 rings (SSSR count). The van der Waals surface area contributed by atoms with Gasteiger partial charge in [-0.15, -0.1) is 0 Å².